The van der Waals surface area contributed by atoms with E-state index in [0.717, 1.165) is 22.9 Å². The van der Waals surface area contributed by atoms with Crippen LogP contribution in [0, 0.1) is 0 Å². The predicted octanol–water partition coefficient (Wildman–Crippen LogP) is 2.97. The summed E-state index contributed by atoms with van der Waals surface area (Å²) in [6.07, 6.45) is 1.85. The number of ether oxygens (including phenoxy) is 2. The van der Waals surface area contributed by atoms with Crippen molar-refractivity contribution in [1.82, 2.24) is 0 Å². The van der Waals surface area contributed by atoms with Gasteiger partial charge in [0.1, 0.15) is 0 Å². The number of methoxy groups -OCH3 is 2. The first-order valence-corrected chi connectivity index (χ1v) is 6.46. The second kappa shape index (κ2) is 4.80. The van der Waals surface area contributed by atoms with Crippen molar-refractivity contribution in [2.75, 3.05) is 14.2 Å². The average Bonchev–Trinajstić information content (AvgIpc) is 3.07. The first kappa shape index (κ1) is 13.2. The fourth-order valence-corrected chi connectivity index (χ4v) is 3.09. The smallest absolute Gasteiger partial charge is 0.304 e. The van der Waals surface area contributed by atoms with Crippen molar-refractivity contribution in [2.45, 2.75) is 24.7 Å². The highest BCUT2D eigenvalue weighted by Gasteiger charge is 2.49. The fraction of sp³-hybridized carbons (Fsp3) is 0.462. The third kappa shape index (κ3) is 2.19. The Morgan fingerprint density at radius 2 is 2.06 bits per heavy atom. The normalized spacial score (nSPS) is 16.2. The topological polar surface area (TPSA) is 55.8 Å². The molecule has 4 nitrogen and oxygen atoms in total. The summed E-state index contributed by atoms with van der Waals surface area (Å²) in [5.41, 5.74) is 0.594. The molecular weight excluding hydrogens is 300 g/mol. The van der Waals surface area contributed by atoms with Crippen LogP contribution in [0.2, 0.25) is 0 Å². The van der Waals surface area contributed by atoms with E-state index in [1.54, 1.807) is 14.2 Å². The Bertz CT molecular complexity index is 480. The number of hydrogen-bond donors (Lipinski definition) is 1. The molecule has 0 unspecified atom stereocenters. The average molecular weight is 315 g/mol. The van der Waals surface area contributed by atoms with Gasteiger partial charge in [-0.25, -0.2) is 0 Å². The highest BCUT2D eigenvalue weighted by atomic mass is 79.9. The van der Waals surface area contributed by atoms with Gasteiger partial charge in [0.2, 0.25) is 0 Å². The summed E-state index contributed by atoms with van der Waals surface area (Å²) < 4.78 is 11.5. The standard InChI is InChI=1S/C13H15BrO4/c1-17-9-4-3-8(14)11(12(9)18-2)13(5-6-13)7-10(15)16/h3-4H,5-7H2,1-2H3,(H,15,16). The monoisotopic (exact) mass is 314 g/mol. The molecule has 98 valence electrons. The van der Waals surface area contributed by atoms with Crippen LogP contribution >= 0.6 is 15.9 Å². The minimum Gasteiger partial charge on any atom is -0.493 e. The summed E-state index contributed by atoms with van der Waals surface area (Å²) in [5, 5.41) is 9.04. The predicted molar refractivity (Wildman–Crippen MR) is 70.4 cm³/mol. The Labute approximate surface area is 114 Å². The molecule has 1 fully saturated rings. The minimum absolute atomic E-state index is 0.120. The lowest BCUT2D eigenvalue weighted by atomic mass is 9.91. The molecule has 0 spiro atoms. The molecule has 0 saturated heterocycles. The maximum Gasteiger partial charge on any atom is 0.304 e. The summed E-state index contributed by atoms with van der Waals surface area (Å²) >= 11 is 3.49. The quantitative estimate of drug-likeness (QED) is 0.907. The van der Waals surface area contributed by atoms with Gasteiger partial charge in [-0.05, 0) is 25.0 Å². The van der Waals surface area contributed by atoms with Crippen LogP contribution in [0.1, 0.15) is 24.8 Å². The van der Waals surface area contributed by atoms with Gasteiger partial charge in [0, 0.05) is 15.5 Å². The third-order valence-electron chi connectivity index (χ3n) is 3.37. The molecule has 1 aliphatic carbocycles. The summed E-state index contributed by atoms with van der Waals surface area (Å²) in [7, 11) is 3.15. The molecule has 1 aromatic carbocycles. The number of carboxylic acid groups (broad SMARTS) is 1. The van der Waals surface area contributed by atoms with Crippen LogP contribution in [0.4, 0.5) is 0 Å². The first-order chi connectivity index (χ1) is 8.54. The van der Waals surface area contributed by atoms with Gasteiger partial charge in [0.15, 0.2) is 11.5 Å². The highest BCUT2D eigenvalue weighted by molar-refractivity contribution is 9.10. The molecule has 1 aromatic rings. The molecule has 1 saturated carbocycles. The van der Waals surface area contributed by atoms with E-state index in [-0.39, 0.29) is 11.8 Å². The van der Waals surface area contributed by atoms with Gasteiger partial charge in [0.05, 0.1) is 20.6 Å². The second-order valence-corrected chi connectivity index (χ2v) is 5.36. The first-order valence-electron chi connectivity index (χ1n) is 5.67. The zero-order valence-electron chi connectivity index (χ0n) is 10.3. The Morgan fingerprint density at radius 3 is 2.50 bits per heavy atom. The summed E-state index contributed by atoms with van der Waals surface area (Å²) in [6, 6.07) is 3.68. The molecule has 0 aromatic heterocycles. The van der Waals surface area contributed by atoms with Crippen molar-refractivity contribution in [2.24, 2.45) is 0 Å². The summed E-state index contributed by atoms with van der Waals surface area (Å²) in [6.45, 7) is 0. The molecule has 1 N–H and O–H groups in total. The SMILES string of the molecule is COc1ccc(Br)c(C2(CC(=O)O)CC2)c1OC. The van der Waals surface area contributed by atoms with Crippen LogP contribution in [-0.2, 0) is 10.2 Å². The molecule has 0 aliphatic heterocycles. The zero-order valence-corrected chi connectivity index (χ0v) is 11.9. The lowest BCUT2D eigenvalue weighted by molar-refractivity contribution is -0.137. The molecule has 0 bridgehead atoms. The molecule has 0 amide bonds. The largest absolute Gasteiger partial charge is 0.493 e. The van der Waals surface area contributed by atoms with E-state index in [0.29, 0.717) is 11.5 Å². The number of halogens is 1. The number of carbonyl (C=O) groups is 1. The molecule has 0 atom stereocenters. The van der Waals surface area contributed by atoms with Crippen LogP contribution in [0.3, 0.4) is 0 Å². The number of aliphatic carboxylic acids is 1. The number of rotatable bonds is 5. The van der Waals surface area contributed by atoms with E-state index in [4.69, 9.17) is 14.6 Å². The van der Waals surface area contributed by atoms with Gasteiger partial charge in [-0.15, -0.1) is 0 Å². The Balaban J connectivity index is 2.52. The lowest BCUT2D eigenvalue weighted by Gasteiger charge is -2.20. The Hall–Kier alpha value is -1.23. The molecule has 1 aliphatic rings. The second-order valence-electron chi connectivity index (χ2n) is 4.51. The molecule has 18 heavy (non-hydrogen) atoms. The minimum atomic E-state index is -0.788. The van der Waals surface area contributed by atoms with Crippen LogP contribution in [0.15, 0.2) is 16.6 Å². The molecule has 5 heteroatoms. The lowest BCUT2D eigenvalue weighted by Crippen LogP contribution is -2.15. The van der Waals surface area contributed by atoms with Crippen molar-refractivity contribution in [3.8, 4) is 11.5 Å². The zero-order chi connectivity index (χ0) is 13.3. The van der Waals surface area contributed by atoms with Gasteiger partial charge in [-0.2, -0.15) is 0 Å². The Morgan fingerprint density at radius 1 is 1.39 bits per heavy atom. The van der Waals surface area contributed by atoms with Crippen molar-refractivity contribution in [1.29, 1.82) is 0 Å². The van der Waals surface area contributed by atoms with E-state index in [1.165, 1.54) is 0 Å². The third-order valence-corrected chi connectivity index (χ3v) is 4.03. The van der Waals surface area contributed by atoms with Gasteiger partial charge in [-0.3, -0.25) is 4.79 Å². The van der Waals surface area contributed by atoms with Crippen LogP contribution in [0.25, 0.3) is 0 Å². The van der Waals surface area contributed by atoms with Gasteiger partial charge < -0.3 is 14.6 Å². The molecular formula is C13H15BrO4. The van der Waals surface area contributed by atoms with E-state index in [9.17, 15) is 4.79 Å². The van der Waals surface area contributed by atoms with E-state index in [2.05, 4.69) is 15.9 Å². The molecule has 0 heterocycles. The van der Waals surface area contributed by atoms with Crippen LogP contribution < -0.4 is 9.47 Å². The van der Waals surface area contributed by atoms with Crippen LogP contribution in [0.5, 0.6) is 11.5 Å². The fourth-order valence-electron chi connectivity index (χ4n) is 2.35. The number of benzene rings is 1. The molecule has 2 rings (SSSR count). The van der Waals surface area contributed by atoms with E-state index >= 15 is 0 Å². The van der Waals surface area contributed by atoms with Crippen LogP contribution in [-0.4, -0.2) is 25.3 Å². The summed E-state index contributed by atoms with van der Waals surface area (Å²) in [5.74, 6) is 0.474. The van der Waals surface area contributed by atoms with Crippen molar-refractivity contribution in [3.05, 3.63) is 22.2 Å². The number of hydrogen-bond acceptors (Lipinski definition) is 3. The highest BCUT2D eigenvalue weighted by Crippen LogP contribution is 2.57. The maximum absolute atomic E-state index is 11.0. The number of carboxylic acids is 1. The summed E-state index contributed by atoms with van der Waals surface area (Å²) in [4.78, 5) is 11.0. The van der Waals surface area contributed by atoms with Gasteiger partial charge >= 0.3 is 5.97 Å². The van der Waals surface area contributed by atoms with E-state index < -0.39 is 5.97 Å². The maximum atomic E-state index is 11.0. The molecule has 0 radical (unpaired) electrons. The van der Waals surface area contributed by atoms with Crippen molar-refractivity contribution in [3.63, 3.8) is 0 Å². The van der Waals surface area contributed by atoms with Crippen molar-refractivity contribution >= 4 is 21.9 Å². The van der Waals surface area contributed by atoms with Gasteiger partial charge in [-0.1, -0.05) is 15.9 Å². The van der Waals surface area contributed by atoms with Gasteiger partial charge in [0.25, 0.3) is 0 Å². The Kier molecular flexibility index (Phi) is 3.52. The van der Waals surface area contributed by atoms with E-state index in [1.807, 2.05) is 12.1 Å². The van der Waals surface area contributed by atoms with Crippen molar-refractivity contribution < 1.29 is 19.4 Å².